The van der Waals surface area contributed by atoms with Gasteiger partial charge in [-0.1, -0.05) is 0 Å². The fraction of sp³-hybridized carbons (Fsp3) is 0.455. The Morgan fingerprint density at radius 1 is 1.33 bits per heavy atom. The van der Waals surface area contributed by atoms with Gasteiger partial charge in [-0.05, 0) is 0 Å². The molecule has 0 fully saturated rings. The molecule has 0 N–H and O–H groups in total. The van der Waals surface area contributed by atoms with Crippen molar-refractivity contribution in [3.63, 3.8) is 0 Å². The minimum atomic E-state index is -0.343. The van der Waals surface area contributed by atoms with Crippen molar-refractivity contribution in [2.75, 3.05) is 7.11 Å². The summed E-state index contributed by atoms with van der Waals surface area (Å²) in [6, 6.07) is 2.80. The molecule has 0 saturated carbocycles. The van der Waals surface area contributed by atoms with Crippen LogP contribution in [0.25, 0.3) is 0 Å². The van der Waals surface area contributed by atoms with E-state index in [1.54, 1.807) is 6.07 Å². The van der Waals surface area contributed by atoms with Crippen LogP contribution >= 0.6 is 0 Å². The van der Waals surface area contributed by atoms with E-state index in [4.69, 9.17) is 4.74 Å². The second kappa shape index (κ2) is 4.13. The van der Waals surface area contributed by atoms with Crippen LogP contribution in [0.3, 0.4) is 0 Å². The number of methoxy groups -OCH3 is 1. The van der Waals surface area contributed by atoms with E-state index in [0.717, 1.165) is 0 Å². The molecular weight excluding hydrogens is 194 g/mol. The van der Waals surface area contributed by atoms with E-state index in [0.29, 0.717) is 18.2 Å². The van der Waals surface area contributed by atoms with Gasteiger partial charge >= 0.3 is 89.0 Å². The zero-order chi connectivity index (χ0) is 11.6. The van der Waals surface area contributed by atoms with Crippen molar-refractivity contribution in [2.24, 2.45) is 0 Å². The predicted molar refractivity (Wildman–Crippen MR) is 57.7 cm³/mol. The third-order valence-electron chi connectivity index (χ3n) is 2.25. The molecule has 0 aromatic heterocycles. The molecule has 80 valence electrons. The van der Waals surface area contributed by atoms with Gasteiger partial charge in [-0.25, -0.2) is 0 Å². The summed E-state index contributed by atoms with van der Waals surface area (Å²) in [6.45, 7) is 5.69. The number of benzene rings is 1. The Labute approximate surface area is 89.7 Å². The first-order valence-electron chi connectivity index (χ1n) is 4.73. The molecule has 0 unspecified atom stereocenters. The first-order chi connectivity index (χ1) is 6.90. The van der Waals surface area contributed by atoms with E-state index >= 15 is 0 Å². The van der Waals surface area contributed by atoms with Crippen LogP contribution in [-0.2, 0) is 10.1 Å². The van der Waals surface area contributed by atoms with Gasteiger partial charge in [0.1, 0.15) is 0 Å². The van der Waals surface area contributed by atoms with Crippen molar-refractivity contribution in [3.8, 4) is 5.75 Å². The second-order valence-electron chi connectivity index (χ2n) is 4.44. The molecule has 0 spiro atoms. The molecular formula is C11H14BFO2. The molecule has 0 aliphatic rings. The van der Waals surface area contributed by atoms with E-state index in [-0.39, 0.29) is 17.0 Å². The van der Waals surface area contributed by atoms with E-state index in [1.807, 2.05) is 20.8 Å². The van der Waals surface area contributed by atoms with Crippen LogP contribution in [0.4, 0.5) is 4.39 Å². The number of rotatable bonds is 2. The first kappa shape index (κ1) is 11.9. The quantitative estimate of drug-likeness (QED) is 0.692. The van der Waals surface area contributed by atoms with Crippen LogP contribution in [0.1, 0.15) is 26.3 Å². The summed E-state index contributed by atoms with van der Waals surface area (Å²) in [5.74, 6) is -0.0690. The molecule has 0 amide bonds. The second-order valence-corrected chi connectivity index (χ2v) is 4.44. The normalized spacial score (nSPS) is 11.0. The topological polar surface area (TPSA) is 26.3 Å². The summed E-state index contributed by atoms with van der Waals surface area (Å²) < 4.78 is 29.3. The molecule has 1 aromatic carbocycles. The fourth-order valence-corrected chi connectivity index (χ4v) is 1.42. The standard InChI is InChI=1S/C11H14BFO2/c1-11(2,3)7-5-8(12-14)10(15-4)6-9(7)13/h5-6H,1-4H3. The van der Waals surface area contributed by atoms with Crippen molar-refractivity contribution >= 4 is 12.6 Å². The monoisotopic (exact) mass is 208 g/mol. The molecule has 0 atom stereocenters. The van der Waals surface area contributed by atoms with Crippen molar-refractivity contribution in [1.29, 1.82) is 0 Å². The van der Waals surface area contributed by atoms with Crippen LogP contribution in [0.15, 0.2) is 12.1 Å². The summed E-state index contributed by atoms with van der Waals surface area (Å²) in [7, 11) is 2.09. The Hall–Kier alpha value is -1.19. The Bertz CT molecular complexity index is 383. The zero-order valence-electron chi connectivity index (χ0n) is 9.43. The van der Waals surface area contributed by atoms with Gasteiger partial charge in [0.2, 0.25) is 0 Å². The molecule has 0 bridgehead atoms. The van der Waals surface area contributed by atoms with Gasteiger partial charge < -0.3 is 0 Å². The van der Waals surface area contributed by atoms with E-state index in [2.05, 4.69) is 0 Å². The maximum absolute atomic E-state index is 13.7. The maximum atomic E-state index is 13.7. The first-order valence-corrected chi connectivity index (χ1v) is 4.73. The van der Waals surface area contributed by atoms with Crippen molar-refractivity contribution in [2.45, 2.75) is 26.2 Å². The summed E-state index contributed by atoms with van der Waals surface area (Å²) in [5.41, 5.74) is 0.572. The van der Waals surface area contributed by atoms with Crippen LogP contribution in [0.5, 0.6) is 5.75 Å². The number of hydrogen-bond acceptors (Lipinski definition) is 2. The Balaban J connectivity index is 3.39. The SMILES string of the molecule is COc1cc(F)c(C(C)(C)C)cc1B=O. The van der Waals surface area contributed by atoms with Crippen LogP contribution in [0, 0.1) is 5.82 Å². The Kier molecular flexibility index (Phi) is 3.27. The van der Waals surface area contributed by atoms with Crippen LogP contribution < -0.4 is 10.2 Å². The van der Waals surface area contributed by atoms with Crippen LogP contribution in [-0.4, -0.2) is 14.3 Å². The van der Waals surface area contributed by atoms with E-state index in [9.17, 15) is 9.10 Å². The number of halogens is 1. The number of ether oxygens (including phenoxy) is 1. The minimum absolute atomic E-state index is 0.274. The van der Waals surface area contributed by atoms with Crippen molar-refractivity contribution in [3.05, 3.63) is 23.5 Å². The van der Waals surface area contributed by atoms with Gasteiger partial charge in [0.15, 0.2) is 0 Å². The third kappa shape index (κ3) is 2.43. The summed E-state index contributed by atoms with van der Waals surface area (Å²) >= 11 is 0. The molecule has 1 aromatic rings. The number of hydrogen-bond donors (Lipinski definition) is 0. The average molecular weight is 208 g/mol. The van der Waals surface area contributed by atoms with Gasteiger partial charge in [-0.2, -0.15) is 0 Å². The third-order valence-corrected chi connectivity index (χ3v) is 2.25. The summed E-state index contributed by atoms with van der Waals surface area (Å²) in [6.07, 6.45) is 0. The molecule has 4 heteroatoms. The van der Waals surface area contributed by atoms with Gasteiger partial charge in [0.25, 0.3) is 0 Å². The molecule has 2 nitrogen and oxygen atoms in total. The Morgan fingerprint density at radius 3 is 2.33 bits per heavy atom. The molecule has 0 aliphatic heterocycles. The predicted octanol–water partition coefficient (Wildman–Crippen LogP) is 1.81. The van der Waals surface area contributed by atoms with Crippen molar-refractivity contribution < 1.29 is 13.8 Å². The fourth-order valence-electron chi connectivity index (χ4n) is 1.42. The van der Waals surface area contributed by atoms with Gasteiger partial charge in [-0.15, -0.1) is 0 Å². The molecule has 1 rings (SSSR count). The molecule has 0 saturated heterocycles. The van der Waals surface area contributed by atoms with Crippen molar-refractivity contribution in [1.82, 2.24) is 0 Å². The zero-order valence-corrected chi connectivity index (χ0v) is 9.43. The van der Waals surface area contributed by atoms with Crippen LogP contribution in [0.2, 0.25) is 0 Å². The van der Waals surface area contributed by atoms with Gasteiger partial charge in [0, 0.05) is 0 Å². The van der Waals surface area contributed by atoms with Gasteiger partial charge in [0.05, 0.1) is 0 Å². The van der Waals surface area contributed by atoms with Gasteiger partial charge in [-0.3, -0.25) is 0 Å². The Morgan fingerprint density at radius 2 is 1.93 bits per heavy atom. The average Bonchev–Trinajstić information content (AvgIpc) is 2.15. The molecule has 15 heavy (non-hydrogen) atoms. The molecule has 0 heterocycles. The van der Waals surface area contributed by atoms with E-state index < -0.39 is 0 Å². The molecule has 0 radical (unpaired) electrons. The van der Waals surface area contributed by atoms with E-state index in [1.165, 1.54) is 13.2 Å². The summed E-state index contributed by atoms with van der Waals surface area (Å²) in [5, 5.41) is 0. The summed E-state index contributed by atoms with van der Waals surface area (Å²) in [4.78, 5) is 0. The molecule has 0 aliphatic carbocycles.